The molecule has 2 amide bonds. The highest BCUT2D eigenvalue weighted by Crippen LogP contribution is 2.27. The number of nitrogens with zero attached hydrogens (tertiary/aromatic N) is 3. The standard InChI is InChI=1S/C19H17FN6O2S/c20-12-2-1-3-13(8-12)24-14-4-5-16-15(9-14)25-18(29-16)10-17(27)23-11-19(28)26(22)7-6-21/h1-5,8-9,24H,7,10-11,22H2,(H,23,27). The first-order valence-electron chi connectivity index (χ1n) is 8.55. The molecule has 0 fully saturated rings. The molecular formula is C19H17FN6O2S. The second-order valence-corrected chi connectivity index (χ2v) is 7.17. The molecule has 0 unspecified atom stereocenters. The van der Waals surface area contributed by atoms with E-state index in [9.17, 15) is 14.0 Å². The summed E-state index contributed by atoms with van der Waals surface area (Å²) in [5, 5.41) is 15.4. The lowest BCUT2D eigenvalue weighted by Crippen LogP contribution is -2.44. The van der Waals surface area contributed by atoms with Gasteiger partial charge < -0.3 is 10.6 Å². The molecule has 0 atom stereocenters. The molecule has 0 aliphatic carbocycles. The van der Waals surface area contributed by atoms with Crippen molar-refractivity contribution in [3.05, 3.63) is 53.3 Å². The lowest BCUT2D eigenvalue weighted by atomic mass is 10.2. The number of rotatable bonds is 7. The van der Waals surface area contributed by atoms with Crippen molar-refractivity contribution in [1.82, 2.24) is 15.3 Å². The van der Waals surface area contributed by atoms with Crippen LogP contribution in [0.5, 0.6) is 0 Å². The zero-order valence-electron chi connectivity index (χ0n) is 15.2. The van der Waals surface area contributed by atoms with Gasteiger partial charge >= 0.3 is 0 Å². The van der Waals surface area contributed by atoms with Gasteiger partial charge in [-0.05, 0) is 36.4 Å². The van der Waals surface area contributed by atoms with Crippen molar-refractivity contribution >= 4 is 44.7 Å². The number of fused-ring (bicyclic) bond motifs is 1. The highest BCUT2D eigenvalue weighted by Gasteiger charge is 2.13. The third-order valence-electron chi connectivity index (χ3n) is 3.86. The molecule has 148 valence electrons. The van der Waals surface area contributed by atoms with Crippen LogP contribution in [-0.2, 0) is 16.0 Å². The number of benzene rings is 2. The lowest BCUT2D eigenvalue weighted by Gasteiger charge is -2.12. The molecule has 1 heterocycles. The van der Waals surface area contributed by atoms with E-state index >= 15 is 0 Å². The van der Waals surface area contributed by atoms with Crippen molar-refractivity contribution in [2.45, 2.75) is 6.42 Å². The number of halogens is 1. The largest absolute Gasteiger partial charge is 0.355 e. The quantitative estimate of drug-likeness (QED) is 0.236. The molecule has 0 bridgehead atoms. The van der Waals surface area contributed by atoms with Crippen LogP contribution in [0.25, 0.3) is 10.2 Å². The molecule has 2 aromatic carbocycles. The minimum Gasteiger partial charge on any atom is -0.355 e. The van der Waals surface area contributed by atoms with E-state index in [-0.39, 0.29) is 31.2 Å². The molecule has 0 saturated carbocycles. The summed E-state index contributed by atoms with van der Waals surface area (Å²) < 4.78 is 14.2. The Kier molecular flexibility index (Phi) is 6.33. The fourth-order valence-electron chi connectivity index (χ4n) is 2.50. The second kappa shape index (κ2) is 9.09. The van der Waals surface area contributed by atoms with Crippen LogP contribution in [0.1, 0.15) is 5.01 Å². The highest BCUT2D eigenvalue weighted by atomic mass is 32.1. The summed E-state index contributed by atoms with van der Waals surface area (Å²) in [5.41, 5.74) is 2.07. The fourth-order valence-corrected chi connectivity index (χ4v) is 3.45. The van der Waals surface area contributed by atoms with Crippen LogP contribution < -0.4 is 16.5 Å². The molecule has 3 rings (SSSR count). The maximum absolute atomic E-state index is 13.3. The van der Waals surface area contributed by atoms with Crippen molar-refractivity contribution in [2.75, 3.05) is 18.4 Å². The van der Waals surface area contributed by atoms with Gasteiger partial charge in [-0.3, -0.25) is 14.6 Å². The molecule has 1 aromatic heterocycles. The molecule has 0 radical (unpaired) electrons. The Morgan fingerprint density at radius 3 is 2.79 bits per heavy atom. The van der Waals surface area contributed by atoms with Crippen LogP contribution in [0.15, 0.2) is 42.5 Å². The Bertz CT molecular complexity index is 1090. The summed E-state index contributed by atoms with van der Waals surface area (Å²) in [5.74, 6) is 4.10. The van der Waals surface area contributed by atoms with E-state index in [4.69, 9.17) is 11.1 Å². The van der Waals surface area contributed by atoms with E-state index in [0.717, 1.165) is 15.4 Å². The molecule has 29 heavy (non-hydrogen) atoms. The number of hydrogen-bond donors (Lipinski definition) is 3. The van der Waals surface area contributed by atoms with E-state index in [1.54, 1.807) is 18.2 Å². The predicted octanol–water partition coefficient (Wildman–Crippen LogP) is 2.06. The number of carbonyl (C=O) groups excluding carboxylic acids is 2. The average molecular weight is 412 g/mol. The monoisotopic (exact) mass is 412 g/mol. The summed E-state index contributed by atoms with van der Waals surface area (Å²) in [6.07, 6.45) is 0.0160. The Balaban J connectivity index is 1.61. The van der Waals surface area contributed by atoms with Gasteiger partial charge in [0.05, 0.1) is 29.3 Å². The van der Waals surface area contributed by atoms with Gasteiger partial charge in [-0.15, -0.1) is 11.3 Å². The smallest absolute Gasteiger partial charge is 0.256 e. The minimum atomic E-state index is -0.558. The average Bonchev–Trinajstić information content (AvgIpc) is 3.07. The van der Waals surface area contributed by atoms with E-state index < -0.39 is 5.91 Å². The molecule has 4 N–H and O–H groups in total. The lowest BCUT2D eigenvalue weighted by molar-refractivity contribution is -0.132. The number of nitriles is 1. The number of hydrogen-bond acceptors (Lipinski definition) is 7. The third kappa shape index (κ3) is 5.47. The maximum Gasteiger partial charge on any atom is 0.256 e. The summed E-state index contributed by atoms with van der Waals surface area (Å²) >= 11 is 1.37. The summed E-state index contributed by atoms with van der Waals surface area (Å²) in [6, 6.07) is 13.4. The number of nitrogens with one attached hydrogen (secondary N) is 2. The Hall–Kier alpha value is -3.55. The molecule has 3 aromatic rings. The van der Waals surface area contributed by atoms with Crippen molar-refractivity contribution in [3.63, 3.8) is 0 Å². The van der Waals surface area contributed by atoms with Gasteiger partial charge in [0.1, 0.15) is 17.4 Å². The van der Waals surface area contributed by atoms with Gasteiger partial charge in [0.2, 0.25) is 5.91 Å². The van der Waals surface area contributed by atoms with Crippen molar-refractivity contribution in [3.8, 4) is 6.07 Å². The first kappa shape index (κ1) is 20.2. The van der Waals surface area contributed by atoms with Crippen LogP contribution >= 0.6 is 11.3 Å². The highest BCUT2D eigenvalue weighted by molar-refractivity contribution is 7.18. The van der Waals surface area contributed by atoms with Crippen molar-refractivity contribution in [1.29, 1.82) is 5.26 Å². The zero-order chi connectivity index (χ0) is 20.8. The van der Waals surface area contributed by atoms with Crippen molar-refractivity contribution < 1.29 is 14.0 Å². The van der Waals surface area contributed by atoms with Crippen LogP contribution in [0.3, 0.4) is 0 Å². The Morgan fingerprint density at radius 2 is 2.03 bits per heavy atom. The van der Waals surface area contributed by atoms with Gasteiger partial charge in [0.15, 0.2) is 0 Å². The van der Waals surface area contributed by atoms with Gasteiger partial charge in [0.25, 0.3) is 5.91 Å². The molecular weight excluding hydrogens is 395 g/mol. The van der Waals surface area contributed by atoms with E-state index in [1.165, 1.54) is 23.5 Å². The topological polar surface area (TPSA) is 124 Å². The van der Waals surface area contributed by atoms with E-state index in [2.05, 4.69) is 15.6 Å². The molecule has 0 aliphatic heterocycles. The summed E-state index contributed by atoms with van der Waals surface area (Å²) in [7, 11) is 0. The number of carbonyl (C=O) groups is 2. The number of thiazole rings is 1. The number of aromatic nitrogens is 1. The van der Waals surface area contributed by atoms with Crippen LogP contribution in [0, 0.1) is 17.1 Å². The number of anilines is 2. The van der Waals surface area contributed by atoms with E-state index in [0.29, 0.717) is 16.2 Å². The molecule has 8 nitrogen and oxygen atoms in total. The zero-order valence-corrected chi connectivity index (χ0v) is 16.0. The number of hydrazine groups is 1. The molecule has 0 spiro atoms. The van der Waals surface area contributed by atoms with Gasteiger partial charge in [-0.2, -0.15) is 5.26 Å². The third-order valence-corrected chi connectivity index (χ3v) is 4.89. The van der Waals surface area contributed by atoms with Gasteiger partial charge in [0, 0.05) is 11.4 Å². The normalized spacial score (nSPS) is 10.4. The molecule has 0 saturated heterocycles. The van der Waals surface area contributed by atoms with Crippen LogP contribution in [-0.4, -0.2) is 34.9 Å². The van der Waals surface area contributed by atoms with Gasteiger partial charge in [-0.25, -0.2) is 15.2 Å². The van der Waals surface area contributed by atoms with E-state index in [1.807, 2.05) is 18.2 Å². The molecule has 0 aliphatic rings. The Labute approximate surface area is 169 Å². The SMILES string of the molecule is N#CCN(N)C(=O)CNC(=O)Cc1nc2cc(Nc3cccc(F)c3)ccc2s1. The summed E-state index contributed by atoms with van der Waals surface area (Å²) in [4.78, 5) is 28.1. The molecule has 10 heteroatoms. The Morgan fingerprint density at radius 1 is 1.24 bits per heavy atom. The first-order valence-corrected chi connectivity index (χ1v) is 9.37. The summed E-state index contributed by atoms with van der Waals surface area (Å²) in [6.45, 7) is -0.540. The first-order chi connectivity index (χ1) is 13.9. The minimum absolute atomic E-state index is 0.0160. The number of amides is 2. The predicted molar refractivity (Wildman–Crippen MR) is 108 cm³/mol. The van der Waals surface area contributed by atoms with Crippen molar-refractivity contribution in [2.24, 2.45) is 5.84 Å². The van der Waals surface area contributed by atoms with Crippen LogP contribution in [0.2, 0.25) is 0 Å². The fraction of sp³-hybridized carbons (Fsp3) is 0.158. The van der Waals surface area contributed by atoms with Gasteiger partial charge in [-0.1, -0.05) is 6.07 Å². The maximum atomic E-state index is 13.3. The van der Waals surface area contributed by atoms with Crippen LogP contribution in [0.4, 0.5) is 15.8 Å². The second-order valence-electron chi connectivity index (χ2n) is 6.06. The number of nitrogens with two attached hydrogens (primary N) is 1.